The topological polar surface area (TPSA) is 66.5 Å². The molecule has 0 unspecified atom stereocenters. The van der Waals surface area contributed by atoms with E-state index in [9.17, 15) is 10.3 Å². The average Bonchev–Trinajstić information content (AvgIpc) is 2.20. The summed E-state index contributed by atoms with van der Waals surface area (Å²) in [5.41, 5.74) is 1.20. The molecule has 2 N–H and O–H groups in total. The van der Waals surface area contributed by atoms with E-state index in [0.29, 0.717) is 23.6 Å². The van der Waals surface area contributed by atoms with Crippen LogP contribution in [0.5, 0.6) is 11.5 Å². The van der Waals surface area contributed by atoms with Crippen LogP contribution in [0.2, 0.25) is 0 Å². The van der Waals surface area contributed by atoms with Crippen LogP contribution in [-0.2, 0) is 0 Å². The van der Waals surface area contributed by atoms with E-state index >= 15 is 0 Å². The molecule has 0 fully saturated rings. The number of hydrogen-bond donors (Lipinski definition) is 2. The van der Waals surface area contributed by atoms with Gasteiger partial charge in [-0.1, -0.05) is 0 Å². The van der Waals surface area contributed by atoms with E-state index < -0.39 is 0 Å². The molecule has 0 aliphatic carbocycles. The summed E-state index contributed by atoms with van der Waals surface area (Å²) in [6.07, 6.45) is 0. The van der Waals surface area contributed by atoms with Crippen molar-refractivity contribution in [1.82, 2.24) is 0 Å². The molecule has 1 aromatic rings. The zero-order valence-electron chi connectivity index (χ0n) is 8.20. The minimum atomic E-state index is 0.0781. The van der Waals surface area contributed by atoms with Crippen molar-refractivity contribution in [3.63, 3.8) is 0 Å². The van der Waals surface area contributed by atoms with Crippen molar-refractivity contribution < 1.29 is 15.0 Å². The molecular weight excluding hydrogens is 182 g/mol. The number of hydrogen-bond acceptors (Lipinski definition) is 3. The molecule has 0 saturated heterocycles. The monoisotopic (exact) mass is 195 g/mol. The maximum absolute atomic E-state index is 10.4. The fourth-order valence-electron chi connectivity index (χ4n) is 1.08. The van der Waals surface area contributed by atoms with Gasteiger partial charge >= 0.3 is 0 Å². The molecule has 0 aliphatic rings. The van der Waals surface area contributed by atoms with E-state index in [1.54, 1.807) is 24.2 Å². The van der Waals surface area contributed by atoms with Gasteiger partial charge in [-0.2, -0.15) is 0 Å². The lowest BCUT2D eigenvalue weighted by Gasteiger charge is -2.06. The SMILES string of the molecule is CCOc1cc(C(C)=[NH+][O-])ccc1O. The Bertz CT molecular complexity index is 347. The summed E-state index contributed by atoms with van der Waals surface area (Å²) in [4.78, 5) is 0. The Labute approximate surface area is 82.4 Å². The summed E-state index contributed by atoms with van der Waals surface area (Å²) < 4.78 is 5.18. The quantitative estimate of drug-likeness (QED) is 0.410. The molecule has 0 amide bonds. The molecule has 4 nitrogen and oxygen atoms in total. The van der Waals surface area contributed by atoms with Crippen LogP contribution in [0.3, 0.4) is 0 Å². The predicted molar refractivity (Wildman–Crippen MR) is 53.4 cm³/mol. The summed E-state index contributed by atoms with van der Waals surface area (Å²) in [7, 11) is 0. The van der Waals surface area contributed by atoms with E-state index in [-0.39, 0.29) is 5.75 Å². The Morgan fingerprint density at radius 1 is 1.57 bits per heavy atom. The third-order valence-electron chi connectivity index (χ3n) is 1.85. The summed E-state index contributed by atoms with van der Waals surface area (Å²) >= 11 is 0. The number of benzene rings is 1. The van der Waals surface area contributed by atoms with E-state index in [2.05, 4.69) is 0 Å². The van der Waals surface area contributed by atoms with E-state index in [1.807, 2.05) is 6.92 Å². The van der Waals surface area contributed by atoms with Gasteiger partial charge in [0, 0.05) is 12.5 Å². The maximum atomic E-state index is 10.4. The Morgan fingerprint density at radius 2 is 2.29 bits per heavy atom. The average molecular weight is 195 g/mol. The van der Waals surface area contributed by atoms with Crippen molar-refractivity contribution in [2.24, 2.45) is 0 Å². The zero-order valence-corrected chi connectivity index (χ0v) is 8.20. The third-order valence-corrected chi connectivity index (χ3v) is 1.85. The lowest BCUT2D eigenvalue weighted by molar-refractivity contribution is -0.373. The number of nitrogens with one attached hydrogen (secondary N) is 1. The van der Waals surface area contributed by atoms with Crippen molar-refractivity contribution in [3.8, 4) is 11.5 Å². The van der Waals surface area contributed by atoms with Gasteiger partial charge in [0.05, 0.1) is 6.61 Å². The number of phenols is 1. The standard InChI is InChI=1S/C10H13NO3/c1-3-14-10-6-8(7(2)11-13)4-5-9(10)12/h4-6,11H,3H2,1-2H3,(H-,12,13). The molecular formula is C10H13NO3. The summed E-state index contributed by atoms with van der Waals surface area (Å²) in [6.45, 7) is 3.96. The van der Waals surface area contributed by atoms with Crippen LogP contribution in [-0.4, -0.2) is 17.4 Å². The largest absolute Gasteiger partial charge is 0.625 e. The van der Waals surface area contributed by atoms with Crippen LogP contribution in [0.25, 0.3) is 0 Å². The lowest BCUT2D eigenvalue weighted by atomic mass is 10.1. The first kappa shape index (κ1) is 10.4. The second-order valence-electron chi connectivity index (χ2n) is 2.84. The Morgan fingerprint density at radius 3 is 2.86 bits per heavy atom. The van der Waals surface area contributed by atoms with E-state index in [4.69, 9.17) is 4.74 Å². The summed E-state index contributed by atoms with van der Waals surface area (Å²) in [5.74, 6) is 0.467. The van der Waals surface area contributed by atoms with Gasteiger partial charge in [0.2, 0.25) is 0 Å². The molecule has 1 aromatic carbocycles. The Hall–Kier alpha value is -1.71. The van der Waals surface area contributed by atoms with E-state index in [0.717, 1.165) is 0 Å². The number of aromatic hydroxyl groups is 1. The van der Waals surface area contributed by atoms with Gasteiger partial charge in [-0.15, -0.1) is 0 Å². The highest BCUT2D eigenvalue weighted by molar-refractivity contribution is 5.94. The molecule has 0 radical (unpaired) electrons. The van der Waals surface area contributed by atoms with Crippen LogP contribution < -0.4 is 9.89 Å². The summed E-state index contributed by atoms with van der Waals surface area (Å²) in [5, 5.41) is 21.6. The van der Waals surface area contributed by atoms with Gasteiger partial charge in [0.15, 0.2) is 17.2 Å². The minimum absolute atomic E-state index is 0.0781. The second-order valence-corrected chi connectivity index (χ2v) is 2.84. The molecule has 0 atom stereocenters. The van der Waals surface area contributed by atoms with Gasteiger partial charge < -0.3 is 15.1 Å². The smallest absolute Gasteiger partial charge is 0.189 e. The van der Waals surface area contributed by atoms with Crippen molar-refractivity contribution in [2.45, 2.75) is 13.8 Å². The first-order chi connectivity index (χ1) is 6.69. The van der Waals surface area contributed by atoms with Crippen molar-refractivity contribution in [2.75, 3.05) is 6.61 Å². The molecule has 0 heterocycles. The summed E-state index contributed by atoms with van der Waals surface area (Å²) in [6, 6.07) is 4.78. The van der Waals surface area contributed by atoms with Crippen molar-refractivity contribution in [1.29, 1.82) is 0 Å². The third kappa shape index (κ3) is 2.16. The lowest BCUT2D eigenvalue weighted by Crippen LogP contribution is -2.64. The first-order valence-electron chi connectivity index (χ1n) is 4.37. The van der Waals surface area contributed by atoms with Crippen molar-refractivity contribution in [3.05, 3.63) is 29.0 Å². The van der Waals surface area contributed by atoms with Gasteiger partial charge in [-0.3, -0.25) is 0 Å². The van der Waals surface area contributed by atoms with Crippen LogP contribution in [0.1, 0.15) is 19.4 Å². The van der Waals surface area contributed by atoms with Gasteiger partial charge in [-0.25, -0.2) is 5.16 Å². The molecule has 0 aromatic heterocycles. The highest BCUT2D eigenvalue weighted by Gasteiger charge is 2.07. The molecule has 0 bridgehead atoms. The van der Waals surface area contributed by atoms with Gasteiger partial charge in [-0.05, 0) is 25.1 Å². The predicted octanol–water partition coefficient (Wildman–Crippen LogP) is 0.178. The van der Waals surface area contributed by atoms with Crippen molar-refractivity contribution >= 4 is 5.71 Å². The molecule has 0 aliphatic heterocycles. The molecule has 4 heteroatoms. The molecule has 76 valence electrons. The normalized spacial score (nSPS) is 11.4. The zero-order chi connectivity index (χ0) is 10.6. The maximum Gasteiger partial charge on any atom is 0.189 e. The Balaban J connectivity index is 3.06. The van der Waals surface area contributed by atoms with Crippen LogP contribution in [0.4, 0.5) is 0 Å². The Kier molecular flexibility index (Phi) is 3.34. The number of phenolic OH excluding ortho intramolecular Hbond substituents is 1. The highest BCUT2D eigenvalue weighted by atomic mass is 16.5. The minimum Gasteiger partial charge on any atom is -0.625 e. The molecule has 0 saturated carbocycles. The van der Waals surface area contributed by atoms with E-state index in [1.165, 1.54) is 6.07 Å². The number of rotatable bonds is 3. The highest BCUT2D eigenvalue weighted by Crippen LogP contribution is 2.26. The fourth-order valence-corrected chi connectivity index (χ4v) is 1.08. The van der Waals surface area contributed by atoms with Gasteiger partial charge in [0.25, 0.3) is 0 Å². The van der Waals surface area contributed by atoms with Gasteiger partial charge in [0.1, 0.15) is 0 Å². The molecule has 14 heavy (non-hydrogen) atoms. The molecule has 1 rings (SSSR count). The van der Waals surface area contributed by atoms with Crippen LogP contribution in [0.15, 0.2) is 18.2 Å². The number of ether oxygens (including phenoxy) is 1. The fraction of sp³-hybridized carbons (Fsp3) is 0.300. The molecule has 0 spiro atoms. The first-order valence-corrected chi connectivity index (χ1v) is 4.37. The second kappa shape index (κ2) is 4.50. The van der Waals surface area contributed by atoms with Crippen LogP contribution in [0, 0.1) is 5.21 Å². The van der Waals surface area contributed by atoms with Crippen LogP contribution >= 0.6 is 0 Å².